The number of hydrogen-bond donors (Lipinski definition) is 0. The first-order valence-corrected chi connectivity index (χ1v) is 8.77. The maximum Gasteiger partial charge on any atom is 0.269 e. The molecule has 0 amide bonds. The monoisotopic (exact) mass is 390 g/mol. The van der Waals surface area contributed by atoms with Crippen molar-refractivity contribution in [2.24, 2.45) is 0 Å². The summed E-state index contributed by atoms with van der Waals surface area (Å²) in [7, 11) is 0. The highest BCUT2D eigenvalue weighted by molar-refractivity contribution is 6.30. The molecule has 0 radical (unpaired) electrons. The molecule has 6 heteroatoms. The molecule has 0 N–H and O–H groups in total. The molecule has 0 aliphatic heterocycles. The van der Waals surface area contributed by atoms with E-state index in [1.807, 2.05) is 24.3 Å². The van der Waals surface area contributed by atoms with Gasteiger partial charge in [0.15, 0.2) is 0 Å². The van der Waals surface area contributed by atoms with E-state index in [1.54, 1.807) is 42.5 Å². The number of allylic oxidation sites excluding steroid dienone is 1. The van der Waals surface area contributed by atoms with Crippen molar-refractivity contribution < 1.29 is 9.66 Å². The summed E-state index contributed by atoms with van der Waals surface area (Å²) in [5, 5.41) is 20.9. The van der Waals surface area contributed by atoms with Gasteiger partial charge in [-0.2, -0.15) is 5.26 Å². The number of halogens is 1. The number of hydrogen-bond acceptors (Lipinski definition) is 4. The normalized spacial score (nSPS) is 10.9. The maximum absolute atomic E-state index is 10.7. The van der Waals surface area contributed by atoms with Crippen molar-refractivity contribution in [1.29, 1.82) is 5.26 Å². The van der Waals surface area contributed by atoms with Crippen LogP contribution in [-0.4, -0.2) is 4.92 Å². The number of nitrogens with zero attached hydrogens (tertiary/aromatic N) is 2. The number of non-ortho nitro benzene ring substituents is 1. The zero-order chi connectivity index (χ0) is 19.9. The van der Waals surface area contributed by atoms with Crippen LogP contribution in [0.15, 0.2) is 72.8 Å². The van der Waals surface area contributed by atoms with Gasteiger partial charge in [0.1, 0.15) is 12.4 Å². The minimum Gasteiger partial charge on any atom is -0.488 e. The molecule has 0 aromatic heterocycles. The summed E-state index contributed by atoms with van der Waals surface area (Å²) in [5.41, 5.74) is 2.85. The molecule has 3 rings (SSSR count). The van der Waals surface area contributed by atoms with Crippen LogP contribution >= 0.6 is 11.6 Å². The third-order valence-corrected chi connectivity index (χ3v) is 4.29. The van der Waals surface area contributed by atoms with Crippen molar-refractivity contribution in [2.45, 2.75) is 6.61 Å². The van der Waals surface area contributed by atoms with Crippen LogP contribution < -0.4 is 4.74 Å². The molecule has 3 aromatic rings. The summed E-state index contributed by atoms with van der Waals surface area (Å²) in [6, 6.07) is 22.8. The Kier molecular flexibility index (Phi) is 6.05. The number of nitro groups is 1. The molecule has 3 aromatic carbocycles. The van der Waals surface area contributed by atoms with Gasteiger partial charge in [-0.25, -0.2) is 0 Å². The van der Waals surface area contributed by atoms with Crippen LogP contribution in [-0.2, 0) is 6.61 Å². The molecule has 0 saturated carbocycles. The van der Waals surface area contributed by atoms with E-state index in [0.29, 0.717) is 16.3 Å². The van der Waals surface area contributed by atoms with E-state index in [2.05, 4.69) is 6.07 Å². The summed E-state index contributed by atoms with van der Waals surface area (Å²) in [6.07, 6.45) is 1.76. The quantitative estimate of drug-likeness (QED) is 0.227. The molecule has 138 valence electrons. The molecule has 0 aliphatic carbocycles. The number of nitro benzene ring substituents is 1. The van der Waals surface area contributed by atoms with E-state index < -0.39 is 4.92 Å². The van der Waals surface area contributed by atoms with Gasteiger partial charge in [-0.1, -0.05) is 41.9 Å². The van der Waals surface area contributed by atoms with Crippen LogP contribution in [0.1, 0.15) is 16.7 Å². The van der Waals surface area contributed by atoms with Crippen LogP contribution in [0.4, 0.5) is 5.69 Å². The minimum absolute atomic E-state index is 0.0358. The smallest absolute Gasteiger partial charge is 0.269 e. The summed E-state index contributed by atoms with van der Waals surface area (Å²) in [6.45, 7) is 0.256. The van der Waals surface area contributed by atoms with Crippen molar-refractivity contribution in [1.82, 2.24) is 0 Å². The molecule has 0 fully saturated rings. The first-order chi connectivity index (χ1) is 13.6. The maximum atomic E-state index is 10.7. The zero-order valence-electron chi connectivity index (χ0n) is 14.7. The van der Waals surface area contributed by atoms with Crippen LogP contribution in [0.2, 0.25) is 5.02 Å². The Bertz CT molecular complexity index is 1050. The average molecular weight is 391 g/mol. The molecule has 0 bridgehead atoms. The van der Waals surface area contributed by atoms with Gasteiger partial charge in [-0.05, 0) is 47.5 Å². The predicted octanol–water partition coefficient (Wildman–Crippen LogP) is 5.89. The Labute approximate surface area is 167 Å². The summed E-state index contributed by atoms with van der Waals surface area (Å²) < 4.78 is 5.88. The fourth-order valence-corrected chi connectivity index (χ4v) is 2.70. The number of benzene rings is 3. The number of rotatable bonds is 6. The van der Waals surface area contributed by atoms with Crippen LogP contribution in [0, 0.1) is 21.4 Å². The minimum atomic E-state index is -0.440. The van der Waals surface area contributed by atoms with E-state index in [0.717, 1.165) is 16.7 Å². The SMILES string of the molecule is N#C/C(=C/c1ccccc1OCc1ccc([N+](=O)[O-])cc1)c1ccc(Cl)cc1. The standard InChI is InChI=1S/C22H15ClN2O3/c23-20-9-7-17(8-10-20)19(14-24)13-18-3-1-2-4-22(18)28-15-16-5-11-21(12-6-16)25(26)27/h1-13H,15H2/b19-13-. The van der Waals surface area contributed by atoms with Gasteiger partial charge < -0.3 is 4.74 Å². The molecule has 0 spiro atoms. The van der Waals surface area contributed by atoms with Gasteiger partial charge in [-0.3, -0.25) is 10.1 Å². The number of para-hydroxylation sites is 1. The Morgan fingerprint density at radius 3 is 2.39 bits per heavy atom. The zero-order valence-corrected chi connectivity index (χ0v) is 15.5. The van der Waals surface area contributed by atoms with E-state index in [4.69, 9.17) is 16.3 Å². The molecule has 5 nitrogen and oxygen atoms in total. The Balaban J connectivity index is 1.81. The van der Waals surface area contributed by atoms with Crippen molar-refractivity contribution in [3.05, 3.63) is 105 Å². The number of ether oxygens (including phenoxy) is 1. The van der Waals surface area contributed by atoms with Crippen LogP contribution in [0.3, 0.4) is 0 Å². The molecule has 0 heterocycles. The van der Waals surface area contributed by atoms with E-state index in [9.17, 15) is 15.4 Å². The highest BCUT2D eigenvalue weighted by Crippen LogP contribution is 2.26. The summed E-state index contributed by atoms with van der Waals surface area (Å²) >= 11 is 5.91. The molecule has 0 unspecified atom stereocenters. The molecule has 0 atom stereocenters. The van der Waals surface area contributed by atoms with Crippen molar-refractivity contribution in [2.75, 3.05) is 0 Å². The highest BCUT2D eigenvalue weighted by atomic mass is 35.5. The lowest BCUT2D eigenvalue weighted by molar-refractivity contribution is -0.384. The molecule has 0 saturated heterocycles. The highest BCUT2D eigenvalue weighted by Gasteiger charge is 2.07. The molecular formula is C22H15ClN2O3. The fraction of sp³-hybridized carbons (Fsp3) is 0.0455. The van der Waals surface area contributed by atoms with Gasteiger partial charge in [-0.15, -0.1) is 0 Å². The van der Waals surface area contributed by atoms with Gasteiger partial charge in [0.05, 0.1) is 16.6 Å². The lowest BCUT2D eigenvalue weighted by atomic mass is 10.0. The Morgan fingerprint density at radius 2 is 1.75 bits per heavy atom. The van der Waals surface area contributed by atoms with Gasteiger partial charge in [0, 0.05) is 22.7 Å². The average Bonchev–Trinajstić information content (AvgIpc) is 2.72. The van der Waals surface area contributed by atoms with Gasteiger partial charge in [0.2, 0.25) is 0 Å². The Hall–Kier alpha value is -3.62. The van der Waals surface area contributed by atoms with Crippen molar-refractivity contribution >= 4 is 28.9 Å². The second-order valence-electron chi connectivity index (χ2n) is 5.93. The summed E-state index contributed by atoms with van der Waals surface area (Å²) in [5.74, 6) is 0.613. The van der Waals surface area contributed by atoms with Crippen molar-refractivity contribution in [3.63, 3.8) is 0 Å². The molecular weight excluding hydrogens is 376 g/mol. The predicted molar refractivity (Wildman–Crippen MR) is 109 cm³/mol. The molecule has 0 aliphatic rings. The summed E-state index contributed by atoms with van der Waals surface area (Å²) in [4.78, 5) is 10.3. The van der Waals surface area contributed by atoms with Crippen molar-refractivity contribution in [3.8, 4) is 11.8 Å². The first kappa shape index (κ1) is 19.2. The van der Waals surface area contributed by atoms with E-state index in [1.165, 1.54) is 12.1 Å². The number of nitriles is 1. The second-order valence-corrected chi connectivity index (χ2v) is 6.36. The first-order valence-electron chi connectivity index (χ1n) is 8.40. The largest absolute Gasteiger partial charge is 0.488 e. The lowest BCUT2D eigenvalue weighted by Crippen LogP contribution is -1.97. The lowest BCUT2D eigenvalue weighted by Gasteiger charge is -2.10. The Morgan fingerprint density at radius 1 is 1.07 bits per heavy atom. The third kappa shape index (κ3) is 4.76. The van der Waals surface area contributed by atoms with E-state index >= 15 is 0 Å². The van der Waals surface area contributed by atoms with Crippen LogP contribution in [0.25, 0.3) is 11.6 Å². The second kappa shape index (κ2) is 8.85. The van der Waals surface area contributed by atoms with Crippen LogP contribution in [0.5, 0.6) is 5.75 Å². The topological polar surface area (TPSA) is 76.2 Å². The molecule has 28 heavy (non-hydrogen) atoms. The van der Waals surface area contributed by atoms with Gasteiger partial charge in [0.25, 0.3) is 5.69 Å². The van der Waals surface area contributed by atoms with E-state index in [-0.39, 0.29) is 12.3 Å². The third-order valence-electron chi connectivity index (χ3n) is 4.04. The van der Waals surface area contributed by atoms with Gasteiger partial charge >= 0.3 is 0 Å². The fourth-order valence-electron chi connectivity index (χ4n) is 2.57.